The van der Waals surface area contributed by atoms with Gasteiger partial charge >= 0.3 is 0 Å². The Balaban J connectivity index is 1.71. The zero-order valence-corrected chi connectivity index (χ0v) is 14.1. The van der Waals surface area contributed by atoms with Crippen LogP contribution in [-0.2, 0) is 11.3 Å². The number of aryl methyl sites for hydroxylation is 1. The number of fused-ring (bicyclic) bond motifs is 1. The van der Waals surface area contributed by atoms with Gasteiger partial charge in [0, 0.05) is 19.0 Å². The van der Waals surface area contributed by atoms with Gasteiger partial charge in [0.2, 0.25) is 0 Å². The highest BCUT2D eigenvalue weighted by atomic mass is 16.5. The molecule has 24 heavy (non-hydrogen) atoms. The minimum Gasteiger partial charge on any atom is -0.393 e. The van der Waals surface area contributed by atoms with Crippen LogP contribution in [0.15, 0.2) is 12.7 Å². The summed E-state index contributed by atoms with van der Waals surface area (Å²) in [7, 11) is 0. The van der Waals surface area contributed by atoms with Crippen molar-refractivity contribution in [3.05, 3.63) is 12.7 Å². The lowest BCUT2D eigenvalue weighted by atomic mass is 9.80. The van der Waals surface area contributed by atoms with Crippen LogP contribution in [0.3, 0.4) is 0 Å². The summed E-state index contributed by atoms with van der Waals surface area (Å²) in [6, 6.07) is 0.152. The Kier molecular flexibility index (Phi) is 4.37. The molecule has 2 aliphatic rings. The first-order valence-corrected chi connectivity index (χ1v) is 8.98. The first-order chi connectivity index (χ1) is 11.8. The average Bonchev–Trinajstić information content (AvgIpc) is 3.05. The molecule has 7 heteroatoms. The van der Waals surface area contributed by atoms with E-state index in [0.717, 1.165) is 49.3 Å². The number of hydrogen-bond acceptors (Lipinski definition) is 6. The first-order valence-electron chi connectivity index (χ1n) is 8.98. The number of nitrogens with zero attached hydrogens (tertiary/aromatic N) is 5. The maximum Gasteiger partial charge on any atom is 0.165 e. The van der Waals surface area contributed by atoms with Crippen LogP contribution in [0.4, 0.5) is 5.82 Å². The summed E-state index contributed by atoms with van der Waals surface area (Å²) in [6.07, 6.45) is 7.42. The molecule has 2 aromatic heterocycles. The molecule has 2 aromatic rings. The van der Waals surface area contributed by atoms with Crippen molar-refractivity contribution in [1.82, 2.24) is 19.5 Å². The monoisotopic (exact) mass is 331 g/mol. The molecule has 1 saturated heterocycles. The summed E-state index contributed by atoms with van der Waals surface area (Å²) in [5, 5.41) is 10.5. The maximum atomic E-state index is 10.5. The molecule has 0 radical (unpaired) electrons. The van der Waals surface area contributed by atoms with E-state index in [-0.39, 0.29) is 18.1 Å². The maximum absolute atomic E-state index is 10.5. The van der Waals surface area contributed by atoms with E-state index in [4.69, 9.17) is 4.74 Å². The van der Waals surface area contributed by atoms with Crippen molar-refractivity contribution in [3.8, 4) is 0 Å². The van der Waals surface area contributed by atoms with E-state index in [9.17, 15) is 5.11 Å². The molecule has 0 bridgehead atoms. The van der Waals surface area contributed by atoms with E-state index in [0.29, 0.717) is 13.2 Å². The second-order valence-electron chi connectivity index (χ2n) is 6.75. The zero-order chi connectivity index (χ0) is 16.5. The molecule has 0 unspecified atom stereocenters. The lowest BCUT2D eigenvalue weighted by molar-refractivity contribution is 0.00849. The summed E-state index contributed by atoms with van der Waals surface area (Å²) < 4.78 is 7.79. The van der Waals surface area contributed by atoms with Crippen LogP contribution >= 0.6 is 0 Å². The van der Waals surface area contributed by atoms with Gasteiger partial charge in [0.1, 0.15) is 6.33 Å². The highest BCUT2D eigenvalue weighted by Gasteiger charge is 2.37. The van der Waals surface area contributed by atoms with Gasteiger partial charge < -0.3 is 19.3 Å². The van der Waals surface area contributed by atoms with Crippen molar-refractivity contribution >= 4 is 17.0 Å². The third kappa shape index (κ3) is 2.65. The molecular weight excluding hydrogens is 306 g/mol. The number of rotatable bonds is 3. The Morgan fingerprint density at radius 2 is 2.12 bits per heavy atom. The summed E-state index contributed by atoms with van der Waals surface area (Å²) in [5.41, 5.74) is 1.72. The number of imidazole rings is 1. The van der Waals surface area contributed by atoms with Crippen molar-refractivity contribution in [2.75, 3.05) is 24.7 Å². The predicted molar refractivity (Wildman–Crippen MR) is 90.9 cm³/mol. The highest BCUT2D eigenvalue weighted by Crippen LogP contribution is 2.34. The van der Waals surface area contributed by atoms with Crippen molar-refractivity contribution in [2.24, 2.45) is 5.92 Å². The van der Waals surface area contributed by atoms with Gasteiger partial charge in [0.25, 0.3) is 0 Å². The van der Waals surface area contributed by atoms with Crippen molar-refractivity contribution in [1.29, 1.82) is 0 Å². The van der Waals surface area contributed by atoms with Crippen LogP contribution in [0.25, 0.3) is 11.2 Å². The molecule has 4 rings (SSSR count). The zero-order valence-electron chi connectivity index (χ0n) is 14.1. The number of aromatic nitrogens is 4. The fourth-order valence-electron chi connectivity index (χ4n) is 4.14. The first kappa shape index (κ1) is 15.8. The van der Waals surface area contributed by atoms with Gasteiger partial charge in [-0.1, -0.05) is 12.8 Å². The largest absolute Gasteiger partial charge is 0.393 e. The van der Waals surface area contributed by atoms with E-state index < -0.39 is 0 Å². The van der Waals surface area contributed by atoms with Crippen LogP contribution in [-0.4, -0.2) is 56.5 Å². The van der Waals surface area contributed by atoms with E-state index in [1.807, 2.05) is 10.9 Å². The molecule has 1 N–H and O–H groups in total. The Morgan fingerprint density at radius 3 is 2.96 bits per heavy atom. The van der Waals surface area contributed by atoms with E-state index in [1.54, 1.807) is 6.33 Å². The summed E-state index contributed by atoms with van der Waals surface area (Å²) in [6.45, 7) is 5.01. The molecule has 130 valence electrons. The normalized spacial score (nSPS) is 28.4. The average molecular weight is 331 g/mol. The Labute approximate surface area is 141 Å². The molecule has 1 saturated carbocycles. The Bertz CT molecular complexity index is 703. The predicted octanol–water partition coefficient (Wildman–Crippen LogP) is 1.60. The van der Waals surface area contributed by atoms with Gasteiger partial charge in [-0.3, -0.25) is 0 Å². The molecule has 0 spiro atoms. The molecule has 3 heterocycles. The summed E-state index contributed by atoms with van der Waals surface area (Å²) in [5.74, 6) is 1.11. The minimum absolute atomic E-state index is 0.152. The van der Waals surface area contributed by atoms with Gasteiger partial charge in [0.05, 0.1) is 31.7 Å². The van der Waals surface area contributed by atoms with Crippen molar-refractivity contribution in [2.45, 2.75) is 51.3 Å². The number of anilines is 1. The van der Waals surface area contributed by atoms with Gasteiger partial charge in [-0.2, -0.15) is 0 Å². The minimum atomic E-state index is -0.251. The third-order valence-electron chi connectivity index (χ3n) is 5.44. The lowest BCUT2D eigenvalue weighted by Crippen LogP contribution is -2.53. The van der Waals surface area contributed by atoms with Gasteiger partial charge in [-0.15, -0.1) is 0 Å². The smallest absolute Gasteiger partial charge is 0.165 e. The van der Waals surface area contributed by atoms with Crippen LogP contribution in [0.2, 0.25) is 0 Å². The van der Waals surface area contributed by atoms with Crippen LogP contribution in [0.1, 0.15) is 32.6 Å². The van der Waals surface area contributed by atoms with E-state index >= 15 is 0 Å². The van der Waals surface area contributed by atoms with E-state index in [2.05, 4.69) is 26.8 Å². The Morgan fingerprint density at radius 1 is 1.25 bits per heavy atom. The highest BCUT2D eigenvalue weighted by molar-refractivity contribution is 5.83. The molecule has 3 atom stereocenters. The topological polar surface area (TPSA) is 76.3 Å². The number of hydrogen-bond donors (Lipinski definition) is 1. The molecular formula is C17H25N5O2. The second-order valence-corrected chi connectivity index (χ2v) is 6.75. The molecule has 0 amide bonds. The molecule has 7 nitrogen and oxygen atoms in total. The quantitative estimate of drug-likeness (QED) is 0.921. The lowest BCUT2D eigenvalue weighted by Gasteiger charge is -2.43. The van der Waals surface area contributed by atoms with Crippen molar-refractivity contribution < 1.29 is 9.84 Å². The summed E-state index contributed by atoms with van der Waals surface area (Å²) >= 11 is 0. The summed E-state index contributed by atoms with van der Waals surface area (Å²) in [4.78, 5) is 15.8. The van der Waals surface area contributed by atoms with Crippen LogP contribution < -0.4 is 4.90 Å². The molecule has 0 aromatic carbocycles. The number of aliphatic hydroxyl groups excluding tert-OH is 1. The van der Waals surface area contributed by atoms with Gasteiger partial charge in [-0.05, 0) is 19.8 Å². The Hall–Kier alpha value is -1.73. The standard InChI is InChI=1S/C17H25N5O2/c1-2-21-11-20-15-16(21)18-10-19-17(15)22-7-8-24-9-13(22)12-5-3-4-6-14(12)23/h10-14,23H,2-9H2,1H3/t12-,13+,14-/m0/s1. The van der Waals surface area contributed by atoms with Crippen molar-refractivity contribution in [3.63, 3.8) is 0 Å². The fourth-order valence-corrected chi connectivity index (χ4v) is 4.14. The number of morpholine rings is 1. The number of aliphatic hydroxyl groups is 1. The van der Waals surface area contributed by atoms with Crippen LogP contribution in [0.5, 0.6) is 0 Å². The number of ether oxygens (including phenoxy) is 1. The third-order valence-corrected chi connectivity index (χ3v) is 5.44. The van der Waals surface area contributed by atoms with Gasteiger partial charge in [0.15, 0.2) is 17.0 Å². The molecule has 1 aliphatic heterocycles. The van der Waals surface area contributed by atoms with Gasteiger partial charge in [-0.25, -0.2) is 15.0 Å². The SMILES string of the molecule is CCn1cnc2c(N3CCOC[C@@H]3[C@@H]3CCCC[C@@H]3O)ncnc21. The fraction of sp³-hybridized carbons (Fsp3) is 0.706. The molecule has 1 aliphatic carbocycles. The molecule has 2 fully saturated rings. The van der Waals surface area contributed by atoms with Crippen LogP contribution in [0, 0.1) is 5.92 Å². The van der Waals surface area contributed by atoms with E-state index in [1.165, 1.54) is 6.42 Å². The second kappa shape index (κ2) is 6.64.